The average molecular weight is 484 g/mol. The van der Waals surface area contributed by atoms with E-state index in [1.807, 2.05) is 30.7 Å². The SMILES string of the molecule is CC(Sc1nnc(CCC(N)=O)n1CC1CCCO1)C(=O)C=C1N(C)c2ccccc2C1(C)C. The normalized spacial score (nSPS) is 21.1. The van der Waals surface area contributed by atoms with E-state index in [4.69, 9.17) is 10.5 Å². The van der Waals surface area contributed by atoms with Gasteiger partial charge in [-0.3, -0.25) is 9.59 Å². The monoisotopic (exact) mass is 483 g/mol. The smallest absolute Gasteiger partial charge is 0.217 e. The van der Waals surface area contributed by atoms with Crippen LogP contribution < -0.4 is 10.6 Å². The number of ether oxygens (including phenoxy) is 1. The van der Waals surface area contributed by atoms with E-state index in [0.717, 1.165) is 30.8 Å². The van der Waals surface area contributed by atoms with Crippen LogP contribution in [-0.2, 0) is 32.7 Å². The molecule has 1 aromatic carbocycles. The van der Waals surface area contributed by atoms with Crippen molar-refractivity contribution in [2.75, 3.05) is 18.6 Å². The van der Waals surface area contributed by atoms with Crippen LogP contribution in [0.15, 0.2) is 41.2 Å². The van der Waals surface area contributed by atoms with Gasteiger partial charge in [-0.2, -0.15) is 0 Å². The molecule has 0 saturated carbocycles. The molecule has 2 aliphatic rings. The summed E-state index contributed by atoms with van der Waals surface area (Å²) in [6, 6.07) is 8.26. The van der Waals surface area contributed by atoms with E-state index in [2.05, 4.69) is 41.1 Å². The molecule has 2 aromatic rings. The third-order valence-electron chi connectivity index (χ3n) is 6.70. The van der Waals surface area contributed by atoms with Crippen molar-refractivity contribution in [1.29, 1.82) is 0 Å². The first kappa shape index (κ1) is 24.5. The molecule has 0 aliphatic carbocycles. The first-order valence-corrected chi connectivity index (χ1v) is 12.6. The molecule has 182 valence electrons. The Morgan fingerprint density at radius 3 is 2.76 bits per heavy atom. The molecule has 8 nitrogen and oxygen atoms in total. The highest BCUT2D eigenvalue weighted by Crippen LogP contribution is 2.46. The van der Waals surface area contributed by atoms with Gasteiger partial charge < -0.3 is 19.9 Å². The van der Waals surface area contributed by atoms with Gasteiger partial charge in [0.1, 0.15) is 5.82 Å². The Balaban J connectivity index is 1.53. The molecule has 2 N–H and O–H groups in total. The standard InChI is InChI=1S/C25H33N5O3S/c1-16(20(31)14-21-25(2,3)18-9-5-6-10-19(18)29(21)4)34-24-28-27-23(12-11-22(26)32)30(24)15-17-8-7-13-33-17/h5-6,9-10,14,16-17H,7-8,11-13,15H2,1-4H3,(H2,26,32). The van der Waals surface area contributed by atoms with Crippen molar-refractivity contribution in [2.24, 2.45) is 5.73 Å². The van der Waals surface area contributed by atoms with E-state index in [-0.39, 0.29) is 34.9 Å². The molecule has 2 atom stereocenters. The topological polar surface area (TPSA) is 103 Å². The first-order chi connectivity index (χ1) is 16.2. The number of thioether (sulfide) groups is 1. The van der Waals surface area contributed by atoms with Gasteiger partial charge in [-0.05, 0) is 31.4 Å². The molecular formula is C25H33N5O3S. The number of nitrogens with zero attached hydrogens (tertiary/aromatic N) is 4. The number of rotatable bonds is 9. The predicted octanol–water partition coefficient (Wildman–Crippen LogP) is 3.24. The molecule has 1 saturated heterocycles. The largest absolute Gasteiger partial charge is 0.376 e. The Bertz CT molecular complexity index is 1100. The number of carbonyl (C=O) groups excluding carboxylic acids is 2. The Kier molecular flexibility index (Phi) is 7.14. The van der Waals surface area contributed by atoms with Gasteiger partial charge in [0, 0.05) is 49.4 Å². The van der Waals surface area contributed by atoms with E-state index in [0.29, 0.717) is 23.9 Å². The van der Waals surface area contributed by atoms with Crippen LogP contribution in [0.2, 0.25) is 0 Å². The van der Waals surface area contributed by atoms with Gasteiger partial charge in [0.15, 0.2) is 10.9 Å². The molecule has 2 unspecified atom stereocenters. The minimum absolute atomic E-state index is 0.0260. The highest BCUT2D eigenvalue weighted by Gasteiger charge is 2.39. The second-order valence-electron chi connectivity index (χ2n) is 9.50. The van der Waals surface area contributed by atoms with E-state index < -0.39 is 0 Å². The number of hydrogen-bond donors (Lipinski definition) is 1. The number of allylic oxidation sites excluding steroid dienone is 2. The molecular weight excluding hydrogens is 450 g/mol. The maximum absolute atomic E-state index is 13.3. The number of carbonyl (C=O) groups is 2. The molecule has 1 aromatic heterocycles. The zero-order chi connectivity index (χ0) is 24.5. The number of ketones is 1. The van der Waals surface area contributed by atoms with Crippen molar-refractivity contribution in [3.63, 3.8) is 0 Å². The minimum atomic E-state index is -0.375. The number of aromatic nitrogens is 3. The van der Waals surface area contributed by atoms with Crippen molar-refractivity contribution in [3.05, 3.63) is 47.4 Å². The third kappa shape index (κ3) is 4.90. The average Bonchev–Trinajstić information content (AvgIpc) is 3.49. The molecule has 0 bridgehead atoms. The second-order valence-corrected chi connectivity index (χ2v) is 10.8. The summed E-state index contributed by atoms with van der Waals surface area (Å²) in [4.78, 5) is 26.7. The minimum Gasteiger partial charge on any atom is -0.376 e. The zero-order valence-electron chi connectivity index (χ0n) is 20.3. The zero-order valence-corrected chi connectivity index (χ0v) is 21.1. The Labute approximate surface area is 204 Å². The summed E-state index contributed by atoms with van der Waals surface area (Å²) in [5, 5.41) is 8.97. The Morgan fingerprint density at radius 1 is 1.32 bits per heavy atom. The number of aryl methyl sites for hydroxylation is 1. The van der Waals surface area contributed by atoms with Gasteiger partial charge in [-0.25, -0.2) is 0 Å². The molecule has 3 heterocycles. The molecule has 2 aliphatic heterocycles. The van der Waals surface area contributed by atoms with Crippen molar-refractivity contribution in [2.45, 2.75) is 74.9 Å². The third-order valence-corrected chi connectivity index (χ3v) is 7.80. The van der Waals surface area contributed by atoms with E-state index in [1.165, 1.54) is 17.3 Å². The summed E-state index contributed by atoms with van der Waals surface area (Å²) in [5.41, 5.74) is 8.41. The maximum Gasteiger partial charge on any atom is 0.217 e. The van der Waals surface area contributed by atoms with Crippen molar-refractivity contribution in [1.82, 2.24) is 14.8 Å². The molecule has 34 heavy (non-hydrogen) atoms. The summed E-state index contributed by atoms with van der Waals surface area (Å²) >= 11 is 1.39. The van der Waals surface area contributed by atoms with Gasteiger partial charge in [-0.15, -0.1) is 10.2 Å². The first-order valence-electron chi connectivity index (χ1n) is 11.8. The highest BCUT2D eigenvalue weighted by atomic mass is 32.2. The lowest BCUT2D eigenvalue weighted by Gasteiger charge is -2.24. The molecule has 1 fully saturated rings. The number of hydrogen-bond acceptors (Lipinski definition) is 7. The number of nitrogens with two attached hydrogens (primary N) is 1. The summed E-state index contributed by atoms with van der Waals surface area (Å²) in [7, 11) is 2.01. The van der Waals surface area contributed by atoms with E-state index >= 15 is 0 Å². The quantitative estimate of drug-likeness (QED) is 0.431. The molecule has 9 heteroatoms. The molecule has 4 rings (SSSR count). The summed E-state index contributed by atoms with van der Waals surface area (Å²) < 4.78 is 7.80. The molecule has 0 spiro atoms. The Hall–Kier alpha value is -2.65. The van der Waals surface area contributed by atoms with Crippen molar-refractivity contribution < 1.29 is 14.3 Å². The van der Waals surface area contributed by atoms with Crippen LogP contribution in [0, 0.1) is 0 Å². The van der Waals surface area contributed by atoms with Gasteiger partial charge in [0.25, 0.3) is 0 Å². The fraction of sp³-hybridized carbons (Fsp3) is 0.520. The lowest BCUT2D eigenvalue weighted by Crippen LogP contribution is -2.25. The van der Waals surface area contributed by atoms with E-state index in [9.17, 15) is 9.59 Å². The number of amides is 1. The van der Waals surface area contributed by atoms with Crippen molar-refractivity contribution >= 4 is 29.1 Å². The number of para-hydroxylation sites is 1. The van der Waals surface area contributed by atoms with Crippen LogP contribution in [0.5, 0.6) is 0 Å². The van der Waals surface area contributed by atoms with Crippen LogP contribution >= 0.6 is 11.8 Å². The van der Waals surface area contributed by atoms with Crippen LogP contribution in [-0.4, -0.2) is 51.5 Å². The number of primary amides is 1. The highest BCUT2D eigenvalue weighted by molar-refractivity contribution is 8.00. The fourth-order valence-electron chi connectivity index (χ4n) is 4.73. The van der Waals surface area contributed by atoms with Crippen LogP contribution in [0.1, 0.15) is 51.4 Å². The van der Waals surface area contributed by atoms with E-state index in [1.54, 1.807) is 6.08 Å². The summed E-state index contributed by atoms with van der Waals surface area (Å²) in [5.74, 6) is 0.348. The number of benzene rings is 1. The number of likely N-dealkylation sites (N-methyl/N-ethyl adjacent to an activating group) is 1. The number of fused-ring (bicyclic) bond motifs is 1. The van der Waals surface area contributed by atoms with Gasteiger partial charge in [0.05, 0.1) is 17.9 Å². The van der Waals surface area contributed by atoms with Crippen molar-refractivity contribution in [3.8, 4) is 0 Å². The fourth-order valence-corrected chi connectivity index (χ4v) is 5.62. The van der Waals surface area contributed by atoms with Gasteiger partial charge >= 0.3 is 0 Å². The maximum atomic E-state index is 13.3. The van der Waals surface area contributed by atoms with Gasteiger partial charge in [-0.1, -0.05) is 43.8 Å². The second kappa shape index (κ2) is 9.92. The lowest BCUT2D eigenvalue weighted by molar-refractivity contribution is -0.118. The van der Waals surface area contributed by atoms with Crippen LogP contribution in [0.4, 0.5) is 5.69 Å². The van der Waals surface area contributed by atoms with Crippen LogP contribution in [0.25, 0.3) is 0 Å². The summed E-state index contributed by atoms with van der Waals surface area (Å²) in [6.07, 6.45) is 4.48. The molecule has 0 radical (unpaired) electrons. The Morgan fingerprint density at radius 2 is 2.09 bits per heavy atom. The van der Waals surface area contributed by atoms with Gasteiger partial charge in [0.2, 0.25) is 5.91 Å². The molecule has 1 amide bonds. The predicted molar refractivity (Wildman–Crippen MR) is 133 cm³/mol. The number of anilines is 1. The van der Waals surface area contributed by atoms with Crippen LogP contribution in [0.3, 0.4) is 0 Å². The summed E-state index contributed by atoms with van der Waals surface area (Å²) in [6.45, 7) is 7.55. The lowest BCUT2D eigenvalue weighted by atomic mass is 9.83.